The molecule has 0 amide bonds. The van der Waals surface area contributed by atoms with Crippen molar-refractivity contribution in [2.45, 2.75) is 11.9 Å². The molecule has 0 aromatic carbocycles. The first kappa shape index (κ1) is 14.2. The predicted molar refractivity (Wildman–Crippen MR) is 59.8 cm³/mol. The van der Waals surface area contributed by atoms with Crippen molar-refractivity contribution in [1.82, 2.24) is 10.1 Å². The fourth-order valence-electron chi connectivity index (χ4n) is 0.945. The number of thioether (sulfide) groups is 1. The number of hydrogen-bond donors (Lipinski definition) is 0. The molecule has 0 aliphatic rings. The molecule has 2 rings (SSSR count). The summed E-state index contributed by atoms with van der Waals surface area (Å²) in [7, 11) is -6.00. The van der Waals surface area contributed by atoms with E-state index in [4.69, 9.17) is 0 Å². The molecule has 17 heavy (non-hydrogen) atoms. The molecule has 94 valence electrons. The van der Waals surface area contributed by atoms with Gasteiger partial charge in [-0.05, 0) is 29.5 Å². The Morgan fingerprint density at radius 1 is 1.35 bits per heavy atom. The van der Waals surface area contributed by atoms with Crippen molar-refractivity contribution in [3.05, 3.63) is 17.3 Å². The standard InChI is InChI=1S/C7H8N3S2.BF4/c1-5-9-10-4-3-6(11-2)8-7(10)12-5;2-1(3,4)5/h3-4H,1-2H3;/q+1;-1. The van der Waals surface area contributed by atoms with E-state index in [-0.39, 0.29) is 0 Å². The number of aromatic nitrogens is 3. The first-order chi connectivity index (χ1) is 7.79. The number of fused-ring (bicyclic) bond motifs is 1. The lowest BCUT2D eigenvalue weighted by molar-refractivity contribution is -0.579. The van der Waals surface area contributed by atoms with Crippen molar-refractivity contribution >= 4 is 35.3 Å². The molecule has 0 aliphatic heterocycles. The highest BCUT2D eigenvalue weighted by atomic mass is 32.2. The second-order valence-corrected chi connectivity index (χ2v) is 4.80. The Morgan fingerprint density at radius 2 is 1.94 bits per heavy atom. The molecular formula is C7H8BF4N3S2. The van der Waals surface area contributed by atoms with Crippen LogP contribution in [0.4, 0.5) is 17.3 Å². The Bertz CT molecular complexity index is 495. The molecule has 0 spiro atoms. The van der Waals surface area contributed by atoms with Crippen LogP contribution in [0.2, 0.25) is 0 Å². The van der Waals surface area contributed by atoms with Crippen LogP contribution < -0.4 is 4.52 Å². The van der Waals surface area contributed by atoms with E-state index in [0.29, 0.717) is 0 Å². The zero-order valence-electron chi connectivity index (χ0n) is 8.90. The van der Waals surface area contributed by atoms with Gasteiger partial charge in [0.05, 0.1) is 0 Å². The maximum Gasteiger partial charge on any atom is 0.673 e. The normalized spacial score (nSPS) is 11.2. The Balaban J connectivity index is 0.000000249. The van der Waals surface area contributed by atoms with Gasteiger partial charge in [0.1, 0.15) is 11.2 Å². The SMILES string of the molecule is CSc1cc[n+]2nc(C)sc2n1.F[B-](F)(F)F. The first-order valence-corrected chi connectivity index (χ1v) is 6.41. The second-order valence-electron chi connectivity index (χ2n) is 2.81. The smallest absolute Gasteiger partial charge is 0.418 e. The summed E-state index contributed by atoms with van der Waals surface area (Å²) in [5.41, 5.74) is 0. The van der Waals surface area contributed by atoms with Crippen LogP contribution in [0.25, 0.3) is 4.96 Å². The fourth-order valence-corrected chi connectivity index (χ4v) is 2.11. The van der Waals surface area contributed by atoms with Gasteiger partial charge in [-0.1, -0.05) is 21.4 Å². The van der Waals surface area contributed by atoms with Crippen LogP contribution >= 0.6 is 23.1 Å². The minimum atomic E-state index is -6.00. The third-order valence-corrected chi connectivity index (χ3v) is 2.94. The van der Waals surface area contributed by atoms with Crippen molar-refractivity contribution in [3.63, 3.8) is 0 Å². The van der Waals surface area contributed by atoms with Gasteiger partial charge in [-0.15, -0.1) is 0 Å². The van der Waals surface area contributed by atoms with Gasteiger partial charge in [-0.2, -0.15) is 0 Å². The molecule has 3 nitrogen and oxygen atoms in total. The number of hydrogen-bond acceptors (Lipinski definition) is 4. The highest BCUT2D eigenvalue weighted by Crippen LogP contribution is 2.12. The Hall–Kier alpha value is -0.895. The monoisotopic (exact) mass is 285 g/mol. The molecule has 0 N–H and O–H groups in total. The minimum Gasteiger partial charge on any atom is -0.418 e. The van der Waals surface area contributed by atoms with E-state index in [9.17, 15) is 17.3 Å². The summed E-state index contributed by atoms with van der Waals surface area (Å²) in [6, 6.07) is 1.97. The minimum absolute atomic E-state index is 0.958. The van der Waals surface area contributed by atoms with Gasteiger partial charge in [0, 0.05) is 6.07 Å². The Morgan fingerprint density at radius 3 is 2.47 bits per heavy atom. The highest BCUT2D eigenvalue weighted by Gasteiger charge is 2.20. The molecule has 0 saturated heterocycles. The third-order valence-electron chi connectivity index (χ3n) is 1.46. The number of aryl methyl sites for hydroxylation is 1. The van der Waals surface area contributed by atoms with Crippen LogP contribution in [-0.2, 0) is 0 Å². The number of rotatable bonds is 1. The summed E-state index contributed by atoms with van der Waals surface area (Å²) in [4.78, 5) is 5.35. The van der Waals surface area contributed by atoms with Gasteiger partial charge in [0.15, 0.2) is 0 Å². The van der Waals surface area contributed by atoms with Gasteiger partial charge in [-0.25, -0.2) is 0 Å². The lowest BCUT2D eigenvalue weighted by Gasteiger charge is -1.94. The van der Waals surface area contributed by atoms with E-state index in [1.54, 1.807) is 27.6 Å². The molecule has 2 aromatic heterocycles. The summed E-state index contributed by atoms with van der Waals surface area (Å²) in [6.45, 7) is 1.98. The third kappa shape index (κ3) is 5.31. The van der Waals surface area contributed by atoms with Crippen molar-refractivity contribution in [2.24, 2.45) is 0 Å². The molecule has 2 aromatic rings. The largest absolute Gasteiger partial charge is 0.673 e. The van der Waals surface area contributed by atoms with Gasteiger partial charge in [0.2, 0.25) is 5.03 Å². The molecule has 0 radical (unpaired) electrons. The van der Waals surface area contributed by atoms with Crippen molar-refractivity contribution in [2.75, 3.05) is 6.26 Å². The van der Waals surface area contributed by atoms with E-state index in [0.717, 1.165) is 15.0 Å². The quantitative estimate of drug-likeness (QED) is 0.265. The molecule has 2 heterocycles. The molecule has 0 fully saturated rings. The van der Waals surface area contributed by atoms with Gasteiger partial charge in [0.25, 0.3) is 0 Å². The number of halogens is 4. The van der Waals surface area contributed by atoms with Crippen molar-refractivity contribution < 1.29 is 21.8 Å². The van der Waals surface area contributed by atoms with E-state index < -0.39 is 7.25 Å². The van der Waals surface area contributed by atoms with Crippen molar-refractivity contribution in [1.29, 1.82) is 0 Å². The van der Waals surface area contributed by atoms with Crippen molar-refractivity contribution in [3.8, 4) is 0 Å². The van der Waals surface area contributed by atoms with Crippen LogP contribution in [-0.4, -0.2) is 23.6 Å². The van der Waals surface area contributed by atoms with Crippen LogP contribution in [0, 0.1) is 6.92 Å². The van der Waals surface area contributed by atoms with Gasteiger partial charge in [-0.3, -0.25) is 0 Å². The molecule has 10 heteroatoms. The predicted octanol–water partition coefficient (Wildman–Crippen LogP) is 2.61. The molecule has 0 saturated carbocycles. The summed E-state index contributed by atoms with van der Waals surface area (Å²) < 4.78 is 40.8. The van der Waals surface area contributed by atoms with E-state index in [1.807, 2.05) is 25.4 Å². The zero-order chi connectivity index (χ0) is 13.1. The van der Waals surface area contributed by atoms with Crippen LogP contribution in [0.1, 0.15) is 5.01 Å². The molecule has 0 aliphatic carbocycles. The van der Waals surface area contributed by atoms with Crippen LogP contribution in [0.15, 0.2) is 17.3 Å². The summed E-state index contributed by atoms with van der Waals surface area (Å²) in [5.74, 6) is 0. The van der Waals surface area contributed by atoms with E-state index in [2.05, 4.69) is 10.1 Å². The van der Waals surface area contributed by atoms with Crippen LogP contribution in [0.5, 0.6) is 0 Å². The van der Waals surface area contributed by atoms with E-state index in [1.165, 1.54) is 0 Å². The molecule has 0 bridgehead atoms. The molecular weight excluding hydrogens is 277 g/mol. The second kappa shape index (κ2) is 5.63. The lowest BCUT2D eigenvalue weighted by atomic mass is 10.3. The maximum atomic E-state index is 9.75. The average Bonchev–Trinajstić information content (AvgIpc) is 2.53. The zero-order valence-corrected chi connectivity index (χ0v) is 10.5. The fraction of sp³-hybridized carbons (Fsp3) is 0.286. The lowest BCUT2D eigenvalue weighted by Crippen LogP contribution is -2.23. The maximum absolute atomic E-state index is 9.75. The molecule has 0 atom stereocenters. The summed E-state index contributed by atoms with van der Waals surface area (Å²) >= 11 is 3.26. The average molecular weight is 285 g/mol. The summed E-state index contributed by atoms with van der Waals surface area (Å²) in [5, 5.41) is 6.33. The highest BCUT2D eigenvalue weighted by molar-refractivity contribution is 7.98. The Kier molecular flexibility index (Phi) is 4.69. The summed E-state index contributed by atoms with van der Waals surface area (Å²) in [6.07, 6.45) is 3.96. The van der Waals surface area contributed by atoms with Gasteiger partial charge >= 0.3 is 12.2 Å². The first-order valence-electron chi connectivity index (χ1n) is 4.37. The topological polar surface area (TPSA) is 29.9 Å². The van der Waals surface area contributed by atoms with E-state index >= 15 is 0 Å². The number of nitrogens with zero attached hydrogens (tertiary/aromatic N) is 3. The van der Waals surface area contributed by atoms with Gasteiger partial charge < -0.3 is 17.3 Å². The Labute approximate surface area is 103 Å². The van der Waals surface area contributed by atoms with Crippen LogP contribution in [0.3, 0.4) is 0 Å². The molecule has 0 unspecified atom stereocenters.